The molecule has 2 nitrogen and oxygen atoms in total. The molecule has 1 unspecified atom stereocenters. The summed E-state index contributed by atoms with van der Waals surface area (Å²) in [6, 6.07) is 7.13. The first-order valence-corrected chi connectivity index (χ1v) is 6.11. The van der Waals surface area contributed by atoms with Gasteiger partial charge in [0.1, 0.15) is 0 Å². The molecule has 2 heteroatoms. The third-order valence-corrected chi connectivity index (χ3v) is 3.20. The molecule has 1 N–H and O–H groups in total. The van der Waals surface area contributed by atoms with Crippen molar-refractivity contribution in [2.75, 3.05) is 18.5 Å². The maximum absolute atomic E-state index is 5.37. The minimum atomic E-state index is 0.489. The molecule has 2 rings (SSSR count). The van der Waals surface area contributed by atoms with Crippen LogP contribution in [0.4, 0.5) is 5.69 Å². The SMILES string of the molecule is Cc1ccc(NC2CCOC2)cc1C(C)C. The van der Waals surface area contributed by atoms with Crippen LogP contribution in [0.5, 0.6) is 0 Å². The summed E-state index contributed by atoms with van der Waals surface area (Å²) in [7, 11) is 0. The largest absolute Gasteiger partial charge is 0.380 e. The van der Waals surface area contributed by atoms with Crippen molar-refractivity contribution in [3.8, 4) is 0 Å². The molecule has 0 saturated carbocycles. The molecule has 0 aliphatic carbocycles. The summed E-state index contributed by atoms with van der Waals surface area (Å²) in [4.78, 5) is 0. The first-order valence-electron chi connectivity index (χ1n) is 6.11. The van der Waals surface area contributed by atoms with Crippen LogP contribution in [-0.4, -0.2) is 19.3 Å². The van der Waals surface area contributed by atoms with Gasteiger partial charge in [-0.3, -0.25) is 0 Å². The van der Waals surface area contributed by atoms with Crippen LogP contribution in [0.15, 0.2) is 18.2 Å². The molecule has 1 fully saturated rings. The lowest BCUT2D eigenvalue weighted by atomic mass is 9.97. The third-order valence-electron chi connectivity index (χ3n) is 3.20. The second-order valence-electron chi connectivity index (χ2n) is 4.93. The summed E-state index contributed by atoms with van der Waals surface area (Å²) in [5.74, 6) is 0.585. The number of hydrogen-bond donors (Lipinski definition) is 1. The number of anilines is 1. The van der Waals surface area contributed by atoms with E-state index >= 15 is 0 Å². The van der Waals surface area contributed by atoms with Crippen LogP contribution in [0.1, 0.15) is 37.3 Å². The molecule has 1 aromatic rings. The zero-order chi connectivity index (χ0) is 11.5. The standard InChI is InChI=1S/C14H21NO/c1-10(2)14-8-12(5-4-11(14)3)15-13-6-7-16-9-13/h4-5,8,10,13,15H,6-7,9H2,1-3H3. The summed E-state index contributed by atoms with van der Waals surface area (Å²) >= 11 is 0. The Balaban J connectivity index is 2.12. The van der Waals surface area contributed by atoms with Crippen LogP contribution in [-0.2, 0) is 4.74 Å². The van der Waals surface area contributed by atoms with Crippen LogP contribution in [0.25, 0.3) is 0 Å². The average molecular weight is 219 g/mol. The van der Waals surface area contributed by atoms with Crippen molar-refractivity contribution in [3.05, 3.63) is 29.3 Å². The predicted molar refractivity (Wildman–Crippen MR) is 68.1 cm³/mol. The average Bonchev–Trinajstić information content (AvgIpc) is 2.73. The van der Waals surface area contributed by atoms with Crippen molar-refractivity contribution in [1.29, 1.82) is 0 Å². The molecule has 1 aliphatic heterocycles. The Bertz CT molecular complexity index is 354. The van der Waals surface area contributed by atoms with Gasteiger partial charge in [-0.2, -0.15) is 0 Å². The minimum Gasteiger partial charge on any atom is -0.380 e. The predicted octanol–water partition coefficient (Wildman–Crippen LogP) is 3.32. The molecule has 16 heavy (non-hydrogen) atoms. The number of rotatable bonds is 3. The van der Waals surface area contributed by atoms with Gasteiger partial charge in [-0.05, 0) is 42.5 Å². The van der Waals surface area contributed by atoms with Crippen molar-refractivity contribution in [1.82, 2.24) is 0 Å². The minimum absolute atomic E-state index is 0.489. The van der Waals surface area contributed by atoms with E-state index in [4.69, 9.17) is 4.74 Å². The Morgan fingerprint density at radius 2 is 2.19 bits per heavy atom. The molecule has 1 aliphatic rings. The fourth-order valence-corrected chi connectivity index (χ4v) is 2.24. The highest BCUT2D eigenvalue weighted by atomic mass is 16.5. The number of aryl methyl sites for hydroxylation is 1. The van der Waals surface area contributed by atoms with Crippen LogP contribution >= 0.6 is 0 Å². The van der Waals surface area contributed by atoms with E-state index in [9.17, 15) is 0 Å². The highest BCUT2D eigenvalue weighted by Crippen LogP contribution is 2.24. The molecule has 88 valence electrons. The number of ether oxygens (including phenoxy) is 1. The normalized spacial score (nSPS) is 20.4. The molecule has 0 bridgehead atoms. The molecule has 0 spiro atoms. The number of benzene rings is 1. The Morgan fingerprint density at radius 1 is 1.38 bits per heavy atom. The number of nitrogens with one attached hydrogen (secondary N) is 1. The monoisotopic (exact) mass is 219 g/mol. The van der Waals surface area contributed by atoms with E-state index in [1.54, 1.807) is 0 Å². The van der Waals surface area contributed by atoms with Crippen molar-refractivity contribution in [3.63, 3.8) is 0 Å². The van der Waals surface area contributed by atoms with Gasteiger partial charge in [0.2, 0.25) is 0 Å². The smallest absolute Gasteiger partial charge is 0.0668 e. The maximum atomic E-state index is 5.37. The van der Waals surface area contributed by atoms with Gasteiger partial charge in [-0.15, -0.1) is 0 Å². The van der Waals surface area contributed by atoms with E-state index in [1.165, 1.54) is 16.8 Å². The summed E-state index contributed by atoms with van der Waals surface area (Å²) < 4.78 is 5.37. The van der Waals surface area contributed by atoms with Crippen molar-refractivity contribution in [2.45, 2.75) is 39.2 Å². The second kappa shape index (κ2) is 4.88. The van der Waals surface area contributed by atoms with E-state index in [0.29, 0.717) is 12.0 Å². The first kappa shape index (κ1) is 11.5. The van der Waals surface area contributed by atoms with Gasteiger partial charge in [0, 0.05) is 12.3 Å². The lowest BCUT2D eigenvalue weighted by molar-refractivity contribution is 0.195. The highest BCUT2D eigenvalue weighted by Gasteiger charge is 2.15. The fraction of sp³-hybridized carbons (Fsp3) is 0.571. The molecule has 1 atom stereocenters. The molecule has 1 aromatic carbocycles. The first-order chi connectivity index (χ1) is 7.66. The van der Waals surface area contributed by atoms with E-state index in [-0.39, 0.29) is 0 Å². The zero-order valence-corrected chi connectivity index (χ0v) is 10.4. The summed E-state index contributed by atoms with van der Waals surface area (Å²) in [6.07, 6.45) is 1.12. The van der Waals surface area contributed by atoms with Gasteiger partial charge in [0.25, 0.3) is 0 Å². The molecule has 0 aromatic heterocycles. The van der Waals surface area contributed by atoms with Gasteiger partial charge in [-0.1, -0.05) is 19.9 Å². The Morgan fingerprint density at radius 3 is 2.81 bits per heavy atom. The summed E-state index contributed by atoms with van der Waals surface area (Å²) in [5, 5.41) is 3.54. The van der Waals surface area contributed by atoms with E-state index in [1.807, 2.05) is 0 Å². The third kappa shape index (κ3) is 2.56. The highest BCUT2D eigenvalue weighted by molar-refractivity contribution is 5.50. The Labute approximate surface area is 98.0 Å². The number of hydrogen-bond acceptors (Lipinski definition) is 2. The fourth-order valence-electron chi connectivity index (χ4n) is 2.24. The van der Waals surface area contributed by atoms with Crippen LogP contribution in [0, 0.1) is 6.92 Å². The Kier molecular flexibility index (Phi) is 3.49. The quantitative estimate of drug-likeness (QED) is 0.842. The molecular weight excluding hydrogens is 198 g/mol. The van der Waals surface area contributed by atoms with E-state index in [2.05, 4.69) is 44.3 Å². The molecular formula is C14H21NO. The molecule has 0 amide bonds. The van der Waals surface area contributed by atoms with Crippen LogP contribution in [0.2, 0.25) is 0 Å². The van der Waals surface area contributed by atoms with E-state index in [0.717, 1.165) is 19.6 Å². The van der Waals surface area contributed by atoms with Gasteiger partial charge in [0.15, 0.2) is 0 Å². The molecule has 1 heterocycles. The summed E-state index contributed by atoms with van der Waals surface area (Å²) in [5.41, 5.74) is 4.04. The molecule has 1 saturated heterocycles. The van der Waals surface area contributed by atoms with Gasteiger partial charge in [-0.25, -0.2) is 0 Å². The second-order valence-corrected chi connectivity index (χ2v) is 4.93. The van der Waals surface area contributed by atoms with Gasteiger partial charge in [0.05, 0.1) is 12.6 Å². The van der Waals surface area contributed by atoms with Gasteiger partial charge < -0.3 is 10.1 Å². The van der Waals surface area contributed by atoms with Crippen LogP contribution in [0.3, 0.4) is 0 Å². The van der Waals surface area contributed by atoms with Crippen molar-refractivity contribution < 1.29 is 4.74 Å². The molecule has 0 radical (unpaired) electrons. The van der Waals surface area contributed by atoms with Crippen molar-refractivity contribution in [2.24, 2.45) is 0 Å². The zero-order valence-electron chi connectivity index (χ0n) is 10.4. The Hall–Kier alpha value is -1.02. The maximum Gasteiger partial charge on any atom is 0.0668 e. The lowest BCUT2D eigenvalue weighted by Crippen LogP contribution is -2.19. The topological polar surface area (TPSA) is 21.3 Å². The van der Waals surface area contributed by atoms with Crippen molar-refractivity contribution >= 4 is 5.69 Å². The van der Waals surface area contributed by atoms with Gasteiger partial charge >= 0.3 is 0 Å². The summed E-state index contributed by atoms with van der Waals surface area (Å²) in [6.45, 7) is 8.39. The van der Waals surface area contributed by atoms with E-state index < -0.39 is 0 Å². The lowest BCUT2D eigenvalue weighted by Gasteiger charge is -2.16. The van der Waals surface area contributed by atoms with Crippen LogP contribution < -0.4 is 5.32 Å².